The average Bonchev–Trinajstić information content (AvgIpc) is 2.41. The second kappa shape index (κ2) is 4.34. The van der Waals surface area contributed by atoms with Gasteiger partial charge in [0.15, 0.2) is 22.3 Å². The summed E-state index contributed by atoms with van der Waals surface area (Å²) in [6.45, 7) is 0. The molecule has 2 rings (SSSR count). The fraction of sp³-hybridized carbons (Fsp3) is 0.364. The zero-order valence-corrected chi connectivity index (χ0v) is 11.5. The molecule has 0 spiro atoms. The fourth-order valence-electron chi connectivity index (χ4n) is 1.99. The molecular formula is C11H13N7O2. The number of hydrogen-bond donors (Lipinski definition) is 1. The molecule has 20 heavy (non-hydrogen) atoms. The van der Waals surface area contributed by atoms with Crippen LogP contribution < -0.4 is 21.7 Å². The van der Waals surface area contributed by atoms with Crippen molar-refractivity contribution in [3.63, 3.8) is 0 Å². The maximum atomic E-state index is 12.1. The molecule has 0 unspecified atom stereocenters. The number of hydrogen-bond acceptors (Lipinski definition) is 6. The van der Waals surface area contributed by atoms with Gasteiger partial charge in [-0.2, -0.15) is 5.26 Å². The van der Waals surface area contributed by atoms with Gasteiger partial charge in [-0.1, -0.05) is 0 Å². The molecule has 0 atom stereocenters. The summed E-state index contributed by atoms with van der Waals surface area (Å²) < 4.78 is 3.44. The number of nitrogens with one attached hydrogen (secondary N) is 1. The molecule has 0 saturated heterocycles. The topological polar surface area (TPSA) is 113 Å². The van der Waals surface area contributed by atoms with Crippen molar-refractivity contribution in [3.8, 4) is 6.07 Å². The molecule has 0 bridgehead atoms. The van der Waals surface area contributed by atoms with Crippen LogP contribution in [0.1, 0.15) is 5.69 Å². The summed E-state index contributed by atoms with van der Waals surface area (Å²) in [5.41, 5.74) is -1.35. The molecule has 2 aromatic rings. The lowest BCUT2D eigenvalue weighted by Gasteiger charge is -2.21. The Labute approximate surface area is 113 Å². The molecule has 0 aromatic carbocycles. The maximum absolute atomic E-state index is 12.1. The third-order valence-electron chi connectivity index (χ3n) is 2.98. The Kier molecular flexibility index (Phi) is 2.94. The van der Waals surface area contributed by atoms with Crippen LogP contribution in [-0.2, 0) is 14.1 Å². The first kappa shape index (κ1) is 13.5. The average molecular weight is 275 g/mol. The van der Waals surface area contributed by atoms with Crippen LogP contribution in [-0.4, -0.2) is 32.9 Å². The molecule has 2 heterocycles. The lowest BCUT2D eigenvalue weighted by atomic mass is 10.4. The number of fused-ring (bicyclic) bond motifs is 1. The van der Waals surface area contributed by atoms with Crippen molar-refractivity contribution in [2.45, 2.75) is 0 Å². The highest BCUT2D eigenvalue weighted by Crippen LogP contribution is 2.02. The first-order valence-electron chi connectivity index (χ1n) is 5.66. The molecule has 0 aliphatic carbocycles. The van der Waals surface area contributed by atoms with E-state index in [9.17, 15) is 9.59 Å². The Balaban J connectivity index is 3.30. The summed E-state index contributed by atoms with van der Waals surface area (Å²) in [6, 6.07) is 1.78. The van der Waals surface area contributed by atoms with E-state index in [2.05, 4.69) is 4.98 Å². The van der Waals surface area contributed by atoms with Crippen molar-refractivity contribution in [1.82, 2.24) is 18.8 Å². The van der Waals surface area contributed by atoms with Crippen LogP contribution in [0.25, 0.3) is 11.2 Å². The van der Waals surface area contributed by atoms with Gasteiger partial charge in [0.2, 0.25) is 0 Å². The van der Waals surface area contributed by atoms with E-state index in [0.717, 1.165) is 4.57 Å². The predicted octanol–water partition coefficient (Wildman–Crippen LogP) is -2.02. The van der Waals surface area contributed by atoms with Gasteiger partial charge in [0, 0.05) is 28.2 Å². The van der Waals surface area contributed by atoms with Gasteiger partial charge < -0.3 is 5.01 Å². The molecule has 1 N–H and O–H groups in total. The standard InChI is InChI=1S/C11H13N7O2/c1-15(2)18-8(13)6(5-12)14-7-9(18)16(3)11(20)17(4)10(7)19/h13H,1-4H3. The van der Waals surface area contributed by atoms with Crippen LogP contribution in [0.2, 0.25) is 0 Å². The maximum Gasteiger partial charge on any atom is 0.332 e. The minimum absolute atomic E-state index is 0.0316. The third kappa shape index (κ3) is 1.62. The molecule has 2 aromatic heterocycles. The largest absolute Gasteiger partial charge is 0.332 e. The lowest BCUT2D eigenvalue weighted by Crippen LogP contribution is -2.45. The van der Waals surface area contributed by atoms with E-state index in [1.54, 1.807) is 20.2 Å². The Hall–Kier alpha value is -2.89. The van der Waals surface area contributed by atoms with Gasteiger partial charge >= 0.3 is 5.69 Å². The van der Waals surface area contributed by atoms with E-state index in [1.807, 2.05) is 0 Å². The Morgan fingerprint density at radius 1 is 1.25 bits per heavy atom. The minimum atomic E-state index is -0.602. The summed E-state index contributed by atoms with van der Waals surface area (Å²) in [4.78, 5) is 28.0. The highest BCUT2D eigenvalue weighted by Gasteiger charge is 2.17. The van der Waals surface area contributed by atoms with Gasteiger partial charge in [-0.25, -0.2) is 14.5 Å². The zero-order chi connectivity index (χ0) is 15.2. The monoisotopic (exact) mass is 275 g/mol. The Morgan fingerprint density at radius 3 is 2.35 bits per heavy atom. The van der Waals surface area contributed by atoms with Crippen molar-refractivity contribution in [2.75, 3.05) is 19.1 Å². The van der Waals surface area contributed by atoms with Crippen LogP contribution >= 0.6 is 0 Å². The van der Waals surface area contributed by atoms with Crippen molar-refractivity contribution >= 4 is 11.2 Å². The summed E-state index contributed by atoms with van der Waals surface area (Å²) in [6.07, 6.45) is 0. The predicted molar refractivity (Wildman–Crippen MR) is 70.8 cm³/mol. The van der Waals surface area contributed by atoms with Gasteiger partial charge in [-0.15, -0.1) is 0 Å². The highest BCUT2D eigenvalue weighted by molar-refractivity contribution is 5.70. The number of rotatable bonds is 1. The molecule has 9 heteroatoms. The molecule has 0 fully saturated rings. The highest BCUT2D eigenvalue weighted by atomic mass is 16.2. The molecule has 0 saturated carbocycles. The summed E-state index contributed by atoms with van der Waals surface area (Å²) >= 11 is 0. The molecule has 0 radical (unpaired) electrons. The van der Waals surface area contributed by atoms with E-state index in [1.165, 1.54) is 28.3 Å². The summed E-state index contributed by atoms with van der Waals surface area (Å²) in [5.74, 6) is 0. The van der Waals surface area contributed by atoms with Crippen molar-refractivity contribution < 1.29 is 0 Å². The van der Waals surface area contributed by atoms with E-state index in [4.69, 9.17) is 10.7 Å². The SMILES string of the molecule is CN(C)n1c(=N)c(C#N)nc2c(=O)n(C)c(=O)n(C)c21. The number of aromatic nitrogens is 4. The molecule has 0 aliphatic rings. The molecule has 0 amide bonds. The molecule has 0 aliphatic heterocycles. The Morgan fingerprint density at radius 2 is 1.85 bits per heavy atom. The number of nitriles is 1. The van der Waals surface area contributed by atoms with E-state index >= 15 is 0 Å². The van der Waals surface area contributed by atoms with Crippen LogP contribution in [0, 0.1) is 16.7 Å². The van der Waals surface area contributed by atoms with Gasteiger partial charge in [-0.3, -0.25) is 19.3 Å². The van der Waals surface area contributed by atoms with Crippen molar-refractivity contribution in [3.05, 3.63) is 32.0 Å². The van der Waals surface area contributed by atoms with E-state index in [0.29, 0.717) is 0 Å². The molecular weight excluding hydrogens is 262 g/mol. The fourth-order valence-corrected chi connectivity index (χ4v) is 1.99. The lowest BCUT2D eigenvalue weighted by molar-refractivity contribution is 0.637. The van der Waals surface area contributed by atoms with Gasteiger partial charge in [0.05, 0.1) is 0 Å². The first-order valence-corrected chi connectivity index (χ1v) is 5.66. The molecule has 9 nitrogen and oxygen atoms in total. The summed E-state index contributed by atoms with van der Waals surface area (Å²) in [5, 5.41) is 18.5. The second-order valence-corrected chi connectivity index (χ2v) is 4.46. The van der Waals surface area contributed by atoms with Crippen LogP contribution in [0.3, 0.4) is 0 Å². The van der Waals surface area contributed by atoms with E-state index < -0.39 is 11.2 Å². The van der Waals surface area contributed by atoms with Crippen LogP contribution in [0.4, 0.5) is 0 Å². The first-order chi connectivity index (χ1) is 9.31. The van der Waals surface area contributed by atoms with Gasteiger partial charge in [0.25, 0.3) is 5.56 Å². The number of nitrogens with zero attached hydrogens (tertiary/aromatic N) is 6. The summed E-state index contributed by atoms with van der Waals surface area (Å²) in [7, 11) is 6.10. The van der Waals surface area contributed by atoms with Crippen LogP contribution in [0.5, 0.6) is 0 Å². The van der Waals surface area contributed by atoms with E-state index in [-0.39, 0.29) is 22.3 Å². The van der Waals surface area contributed by atoms with Crippen molar-refractivity contribution in [2.24, 2.45) is 14.1 Å². The van der Waals surface area contributed by atoms with Gasteiger partial charge in [0.1, 0.15) is 6.07 Å². The van der Waals surface area contributed by atoms with Crippen molar-refractivity contribution in [1.29, 1.82) is 10.7 Å². The zero-order valence-electron chi connectivity index (χ0n) is 11.5. The smallest absolute Gasteiger partial charge is 0.315 e. The Bertz CT molecular complexity index is 923. The number of aryl methyl sites for hydroxylation is 1. The normalized spacial score (nSPS) is 10.6. The van der Waals surface area contributed by atoms with Crippen LogP contribution in [0.15, 0.2) is 9.59 Å². The second-order valence-electron chi connectivity index (χ2n) is 4.46. The quantitative estimate of drug-likeness (QED) is 0.645. The minimum Gasteiger partial charge on any atom is -0.315 e. The van der Waals surface area contributed by atoms with Gasteiger partial charge in [-0.05, 0) is 0 Å². The molecule has 104 valence electrons. The third-order valence-corrected chi connectivity index (χ3v) is 2.98.